The summed E-state index contributed by atoms with van der Waals surface area (Å²) in [6.07, 6.45) is 0. The molecule has 0 saturated carbocycles. The van der Waals surface area contributed by atoms with Crippen LogP contribution in [0.15, 0.2) is 30.3 Å². The highest BCUT2D eigenvalue weighted by Gasteiger charge is 2.09. The van der Waals surface area contributed by atoms with Crippen LogP contribution in [0.2, 0.25) is 20.1 Å². The second-order valence-electron chi connectivity index (χ2n) is 4.03. The Bertz CT molecular complexity index is 663. The number of phenolic OH excluding ortho intramolecular Hbond substituents is 1. The lowest BCUT2D eigenvalue weighted by Crippen LogP contribution is -2.19. The van der Waals surface area contributed by atoms with E-state index >= 15 is 0 Å². The minimum atomic E-state index is -0.536. The number of phenols is 1. The molecular weight excluding hydrogens is 358 g/mol. The lowest BCUT2D eigenvalue weighted by molar-refractivity contribution is 0.262. The Kier molecular flexibility index (Phi) is 5.06. The van der Waals surface area contributed by atoms with Crippen LogP contribution in [0.3, 0.4) is 0 Å². The number of hydrogen-bond donors (Lipinski definition) is 3. The standard InChI is InChI=1S/C13H8Cl4N2O2/c14-6-1-7(15)3-8(2-6)18-13(21)19-9-4-10(16)12(20)11(17)5-9/h1-5,20H,(H2,18,19,21). The van der Waals surface area contributed by atoms with Gasteiger partial charge in [0.1, 0.15) is 0 Å². The molecule has 2 rings (SSSR count). The van der Waals surface area contributed by atoms with Gasteiger partial charge in [0.05, 0.1) is 10.0 Å². The van der Waals surface area contributed by atoms with E-state index in [-0.39, 0.29) is 15.8 Å². The molecule has 0 aliphatic heterocycles. The molecule has 110 valence electrons. The Morgan fingerprint density at radius 3 is 1.71 bits per heavy atom. The number of anilines is 2. The lowest BCUT2D eigenvalue weighted by atomic mass is 10.3. The van der Waals surface area contributed by atoms with Gasteiger partial charge in [0, 0.05) is 21.4 Å². The maximum absolute atomic E-state index is 11.9. The molecule has 0 radical (unpaired) electrons. The average Bonchev–Trinajstić information content (AvgIpc) is 2.34. The smallest absolute Gasteiger partial charge is 0.323 e. The van der Waals surface area contributed by atoms with E-state index in [1.54, 1.807) is 18.2 Å². The van der Waals surface area contributed by atoms with Crippen LogP contribution in [-0.2, 0) is 0 Å². The predicted octanol–water partition coefficient (Wildman–Crippen LogP) is 5.65. The number of hydrogen-bond acceptors (Lipinski definition) is 2. The van der Waals surface area contributed by atoms with Crippen molar-refractivity contribution in [2.24, 2.45) is 0 Å². The molecule has 0 unspecified atom stereocenters. The van der Waals surface area contributed by atoms with Gasteiger partial charge in [-0.2, -0.15) is 0 Å². The van der Waals surface area contributed by atoms with Crippen molar-refractivity contribution in [1.82, 2.24) is 0 Å². The first kappa shape index (κ1) is 16.0. The van der Waals surface area contributed by atoms with Crippen molar-refractivity contribution in [2.45, 2.75) is 0 Å². The van der Waals surface area contributed by atoms with Gasteiger partial charge in [0.15, 0.2) is 5.75 Å². The molecule has 8 heteroatoms. The molecule has 2 aromatic rings. The number of urea groups is 1. The van der Waals surface area contributed by atoms with Gasteiger partial charge in [-0.25, -0.2) is 4.79 Å². The summed E-state index contributed by atoms with van der Waals surface area (Å²) in [5.74, 6) is -0.245. The summed E-state index contributed by atoms with van der Waals surface area (Å²) < 4.78 is 0. The maximum atomic E-state index is 11.9. The summed E-state index contributed by atoms with van der Waals surface area (Å²) in [7, 11) is 0. The monoisotopic (exact) mass is 364 g/mol. The number of carbonyl (C=O) groups is 1. The number of benzene rings is 2. The molecule has 0 aliphatic rings. The van der Waals surface area contributed by atoms with E-state index in [9.17, 15) is 9.90 Å². The Balaban J connectivity index is 2.11. The van der Waals surface area contributed by atoms with Gasteiger partial charge in [-0.05, 0) is 30.3 Å². The van der Waals surface area contributed by atoms with Crippen molar-refractivity contribution >= 4 is 63.8 Å². The van der Waals surface area contributed by atoms with Gasteiger partial charge >= 0.3 is 6.03 Å². The van der Waals surface area contributed by atoms with Crippen LogP contribution in [0, 0.1) is 0 Å². The fourth-order valence-electron chi connectivity index (χ4n) is 1.56. The second kappa shape index (κ2) is 6.62. The molecule has 0 atom stereocenters. The minimum Gasteiger partial charge on any atom is -0.505 e. The molecule has 3 N–H and O–H groups in total. The molecule has 0 bridgehead atoms. The normalized spacial score (nSPS) is 10.3. The molecule has 0 saturated heterocycles. The van der Waals surface area contributed by atoms with Crippen LogP contribution in [0.25, 0.3) is 0 Å². The van der Waals surface area contributed by atoms with Crippen LogP contribution in [-0.4, -0.2) is 11.1 Å². The zero-order valence-electron chi connectivity index (χ0n) is 10.3. The summed E-state index contributed by atoms with van der Waals surface area (Å²) in [5.41, 5.74) is 0.759. The Labute approximate surface area is 140 Å². The van der Waals surface area contributed by atoms with Crippen LogP contribution < -0.4 is 10.6 Å². The zero-order valence-corrected chi connectivity index (χ0v) is 13.3. The lowest BCUT2D eigenvalue weighted by Gasteiger charge is -2.10. The van der Waals surface area contributed by atoms with Gasteiger partial charge in [-0.3, -0.25) is 0 Å². The van der Waals surface area contributed by atoms with Crippen molar-refractivity contribution in [3.8, 4) is 5.75 Å². The van der Waals surface area contributed by atoms with Crippen LogP contribution in [0.1, 0.15) is 0 Å². The highest BCUT2D eigenvalue weighted by molar-refractivity contribution is 6.37. The molecule has 2 amide bonds. The number of aromatic hydroxyl groups is 1. The van der Waals surface area contributed by atoms with Gasteiger partial charge in [-0.15, -0.1) is 0 Å². The number of rotatable bonds is 2. The topological polar surface area (TPSA) is 61.4 Å². The van der Waals surface area contributed by atoms with Crippen molar-refractivity contribution in [3.63, 3.8) is 0 Å². The fraction of sp³-hybridized carbons (Fsp3) is 0. The summed E-state index contributed by atoms with van der Waals surface area (Å²) in [6, 6.07) is 6.84. The fourth-order valence-corrected chi connectivity index (χ4v) is 2.57. The van der Waals surface area contributed by atoms with Crippen molar-refractivity contribution in [2.75, 3.05) is 10.6 Å². The molecule has 21 heavy (non-hydrogen) atoms. The third kappa shape index (κ3) is 4.32. The van der Waals surface area contributed by atoms with E-state index in [2.05, 4.69) is 10.6 Å². The van der Waals surface area contributed by atoms with Gasteiger partial charge in [0.25, 0.3) is 0 Å². The van der Waals surface area contributed by atoms with Crippen LogP contribution in [0.4, 0.5) is 16.2 Å². The summed E-state index contributed by atoms with van der Waals surface area (Å²) in [5, 5.41) is 15.4. The molecule has 0 aromatic heterocycles. The molecule has 0 spiro atoms. The van der Waals surface area contributed by atoms with E-state index in [4.69, 9.17) is 46.4 Å². The SMILES string of the molecule is O=C(Nc1cc(Cl)cc(Cl)c1)Nc1cc(Cl)c(O)c(Cl)c1. The molecule has 4 nitrogen and oxygen atoms in total. The highest BCUT2D eigenvalue weighted by Crippen LogP contribution is 2.34. The second-order valence-corrected chi connectivity index (χ2v) is 5.71. The quantitative estimate of drug-likeness (QED) is 0.602. The van der Waals surface area contributed by atoms with Crippen LogP contribution >= 0.6 is 46.4 Å². The Morgan fingerprint density at radius 2 is 1.24 bits per heavy atom. The highest BCUT2D eigenvalue weighted by atomic mass is 35.5. The van der Waals surface area contributed by atoms with E-state index in [0.717, 1.165) is 0 Å². The Hall–Kier alpha value is -1.33. The predicted molar refractivity (Wildman–Crippen MR) is 87.2 cm³/mol. The van der Waals surface area contributed by atoms with E-state index in [1.807, 2.05) is 0 Å². The van der Waals surface area contributed by atoms with Crippen LogP contribution in [0.5, 0.6) is 5.75 Å². The molecular formula is C13H8Cl4N2O2. The summed E-state index contributed by atoms with van der Waals surface area (Å²) in [4.78, 5) is 11.9. The number of halogens is 4. The molecule has 2 aromatic carbocycles. The molecule has 0 aliphatic carbocycles. The average molecular weight is 366 g/mol. The van der Waals surface area contributed by atoms with E-state index < -0.39 is 6.03 Å². The summed E-state index contributed by atoms with van der Waals surface area (Å²) in [6.45, 7) is 0. The largest absolute Gasteiger partial charge is 0.505 e. The van der Waals surface area contributed by atoms with E-state index in [0.29, 0.717) is 21.4 Å². The minimum absolute atomic E-state index is 0.0311. The molecule has 0 heterocycles. The maximum Gasteiger partial charge on any atom is 0.323 e. The van der Waals surface area contributed by atoms with Gasteiger partial charge < -0.3 is 15.7 Å². The molecule has 0 fully saturated rings. The summed E-state index contributed by atoms with van der Waals surface area (Å²) >= 11 is 23.2. The van der Waals surface area contributed by atoms with Crippen molar-refractivity contribution in [1.29, 1.82) is 0 Å². The number of carbonyl (C=O) groups excluding carboxylic acids is 1. The first-order chi connectivity index (χ1) is 9.85. The van der Waals surface area contributed by atoms with E-state index in [1.165, 1.54) is 12.1 Å². The number of amides is 2. The zero-order chi connectivity index (χ0) is 15.6. The third-order valence-electron chi connectivity index (χ3n) is 2.40. The first-order valence-electron chi connectivity index (χ1n) is 5.57. The van der Waals surface area contributed by atoms with Gasteiger partial charge in [0.2, 0.25) is 0 Å². The Morgan fingerprint density at radius 1 is 0.810 bits per heavy atom. The number of nitrogens with one attached hydrogen (secondary N) is 2. The van der Waals surface area contributed by atoms with Crippen molar-refractivity contribution in [3.05, 3.63) is 50.4 Å². The third-order valence-corrected chi connectivity index (χ3v) is 3.41. The van der Waals surface area contributed by atoms with Crippen molar-refractivity contribution < 1.29 is 9.90 Å². The van der Waals surface area contributed by atoms with Gasteiger partial charge in [-0.1, -0.05) is 46.4 Å². The first-order valence-corrected chi connectivity index (χ1v) is 7.08.